The number of aliphatic hydroxyl groups is 2. The van der Waals surface area contributed by atoms with Crippen LogP contribution >= 0.6 is 0 Å². The van der Waals surface area contributed by atoms with Gasteiger partial charge in [0.25, 0.3) is 0 Å². The van der Waals surface area contributed by atoms with Crippen molar-refractivity contribution in [3.8, 4) is 0 Å². The van der Waals surface area contributed by atoms with Gasteiger partial charge >= 0.3 is 5.97 Å². The van der Waals surface area contributed by atoms with Gasteiger partial charge in [0.1, 0.15) is 35.9 Å². The lowest BCUT2D eigenvalue weighted by atomic mass is 9.71. The summed E-state index contributed by atoms with van der Waals surface area (Å²) < 4.78 is 64.6. The number of rotatable bonds is 9. The smallest absolute Gasteiger partial charge is 0.316 e. The predicted octanol–water partition coefficient (Wildman–Crippen LogP) is 5.60. The second-order valence-electron chi connectivity index (χ2n) is 19.3. The molecule has 1 aliphatic carbocycles. The Morgan fingerprint density at radius 3 is 2.35 bits per heavy atom. The van der Waals surface area contributed by atoms with Crippen LogP contribution in [-0.4, -0.2) is 141 Å². The van der Waals surface area contributed by atoms with Gasteiger partial charge in [0, 0.05) is 51.7 Å². The standard InChI is InChI=1S/C49H75NO13/c1-12-26(2)44-29(5)18-19-48(63-44)24-35-21-34(62-48)17-16-28(4)43(27(3)14-13-15-33-25-56-46-42(51)30(6)20-36(47(52)59-35)49(33,46)53)60-40-23-38(55-11)45(32(8)58-40)61-39-22-37(54-10)41(50-9)31(7)57-39/h13-16,18-20,26-27,29,31-32,34-46,50-51,53H,12,17,21-25H2,1-11H3/b14-13+,28-16+,33-15+/t26?,27-,29-,31-,32-,34+,35-,36-,37-,38-,39-,40-,41+,42+,43-,44+,45-,46+,48+,49+/m0/s1. The van der Waals surface area contributed by atoms with Crippen LogP contribution < -0.4 is 5.32 Å². The van der Waals surface area contributed by atoms with Crippen LogP contribution in [0.4, 0.5) is 0 Å². The number of likely N-dealkylation sites (N-methyl/N-ethyl adjacent to an activating group) is 1. The number of esters is 1. The monoisotopic (exact) mass is 886 g/mol. The van der Waals surface area contributed by atoms with Gasteiger partial charge in [-0.1, -0.05) is 70.6 Å². The molecule has 0 amide bonds. The number of methoxy groups -OCH3 is 2. The highest BCUT2D eigenvalue weighted by atomic mass is 16.7. The summed E-state index contributed by atoms with van der Waals surface area (Å²) in [6.45, 7) is 16.4. The van der Waals surface area contributed by atoms with Crippen LogP contribution in [0, 0.1) is 23.7 Å². The molecule has 3 N–H and O–H groups in total. The lowest BCUT2D eigenvalue weighted by Gasteiger charge is -2.48. The Balaban J connectivity index is 1.18. The zero-order chi connectivity index (χ0) is 45.4. The van der Waals surface area contributed by atoms with Crippen molar-refractivity contribution < 1.29 is 62.4 Å². The van der Waals surface area contributed by atoms with Gasteiger partial charge in [0.15, 0.2) is 18.4 Å². The number of fused-ring (bicyclic) bond motifs is 2. The maximum Gasteiger partial charge on any atom is 0.316 e. The lowest BCUT2D eigenvalue weighted by Crippen LogP contribution is -2.58. The van der Waals surface area contributed by atoms with Crippen LogP contribution in [0.5, 0.6) is 0 Å². The Morgan fingerprint density at radius 1 is 0.921 bits per heavy atom. The molecule has 14 nitrogen and oxygen atoms in total. The van der Waals surface area contributed by atoms with Crippen LogP contribution in [0.15, 0.2) is 59.3 Å². The molecule has 6 heterocycles. The Bertz CT molecular complexity index is 1750. The molecule has 0 aromatic rings. The molecule has 0 saturated carbocycles. The fourth-order valence-corrected chi connectivity index (χ4v) is 11.0. The minimum atomic E-state index is -1.83. The topological polar surface area (TPSA) is 162 Å². The number of nitrogens with one attached hydrogen (secondary N) is 1. The molecule has 0 aromatic carbocycles. The van der Waals surface area contributed by atoms with E-state index in [1.165, 1.54) is 0 Å². The third-order valence-corrected chi connectivity index (χ3v) is 14.9. The largest absolute Gasteiger partial charge is 0.462 e. The fourth-order valence-electron chi connectivity index (χ4n) is 11.0. The highest BCUT2D eigenvalue weighted by Crippen LogP contribution is 2.47. The summed E-state index contributed by atoms with van der Waals surface area (Å²) in [6.07, 6.45) is 10.7. The molecule has 2 bridgehead atoms. The molecular formula is C49H75NO13. The van der Waals surface area contributed by atoms with E-state index in [1.54, 1.807) is 33.3 Å². The quantitative estimate of drug-likeness (QED) is 0.194. The van der Waals surface area contributed by atoms with Crippen LogP contribution in [-0.2, 0) is 52.2 Å². The Hall–Kier alpha value is -2.31. The molecule has 354 valence electrons. The number of hydrogen-bond acceptors (Lipinski definition) is 14. The van der Waals surface area contributed by atoms with E-state index in [1.807, 2.05) is 39.1 Å². The fraction of sp³-hybridized carbons (Fsp3) is 0.776. The molecule has 4 fully saturated rings. The average molecular weight is 886 g/mol. The Labute approximate surface area is 374 Å². The summed E-state index contributed by atoms with van der Waals surface area (Å²) in [5.41, 5.74) is 0.180. The first-order chi connectivity index (χ1) is 30.0. The molecule has 1 unspecified atom stereocenters. The first-order valence-corrected chi connectivity index (χ1v) is 23.4. The minimum absolute atomic E-state index is 0.0411. The van der Waals surface area contributed by atoms with E-state index < -0.39 is 66.4 Å². The number of aliphatic hydroxyl groups excluding tert-OH is 1. The Morgan fingerprint density at radius 2 is 1.63 bits per heavy atom. The van der Waals surface area contributed by atoms with Crippen molar-refractivity contribution >= 4 is 5.97 Å². The van der Waals surface area contributed by atoms with E-state index in [0.717, 1.165) is 12.0 Å². The molecule has 7 rings (SSSR count). The summed E-state index contributed by atoms with van der Waals surface area (Å²) in [4.78, 5) is 14.4. The third-order valence-electron chi connectivity index (χ3n) is 14.9. The molecular weight excluding hydrogens is 811 g/mol. The van der Waals surface area contributed by atoms with Crippen molar-refractivity contribution in [3.63, 3.8) is 0 Å². The van der Waals surface area contributed by atoms with E-state index in [2.05, 4.69) is 52.1 Å². The van der Waals surface area contributed by atoms with Crippen molar-refractivity contribution in [2.75, 3.05) is 27.9 Å². The SMILES string of the molecule is CCC(C)[C@H]1O[C@]2(C=C[C@@H]1C)C[C@@H]1C[C@@H](C/C=C(\C)[C@@H](O[C@H]3C[C@H](OC)[C@@H](O[C@H]4C[C@H](OC)[C@H](NC)[C@H](C)O4)[C@H](C)O3)[C@@H](C)/C=C/C=C3\CO[C@@H]4[C@H](O)C(C)=C[C@@H](C(=O)O1)[C@]34O)O2. The van der Waals surface area contributed by atoms with Gasteiger partial charge in [-0.15, -0.1) is 0 Å². The second-order valence-corrected chi connectivity index (χ2v) is 19.3. The van der Waals surface area contributed by atoms with E-state index in [0.29, 0.717) is 43.3 Å². The number of carbonyl (C=O) groups excluding carboxylic acids is 1. The average Bonchev–Trinajstić information content (AvgIpc) is 3.60. The third kappa shape index (κ3) is 10.0. The Kier molecular flexibility index (Phi) is 15.7. The predicted molar refractivity (Wildman–Crippen MR) is 234 cm³/mol. The molecule has 0 aromatic heterocycles. The second kappa shape index (κ2) is 20.3. The molecule has 0 radical (unpaired) electrons. The van der Waals surface area contributed by atoms with Gasteiger partial charge in [-0.25, -0.2) is 0 Å². The lowest BCUT2D eigenvalue weighted by molar-refractivity contribution is -0.312. The highest BCUT2D eigenvalue weighted by Gasteiger charge is 2.60. The van der Waals surface area contributed by atoms with Crippen LogP contribution in [0.2, 0.25) is 0 Å². The molecule has 4 saturated heterocycles. The highest BCUT2D eigenvalue weighted by molar-refractivity contribution is 5.78. The van der Waals surface area contributed by atoms with E-state index in [9.17, 15) is 15.0 Å². The maximum atomic E-state index is 14.4. The normalized spacial score (nSPS) is 48.6. The summed E-state index contributed by atoms with van der Waals surface area (Å²) in [5.74, 6) is -2.51. The molecule has 7 aliphatic rings. The van der Waals surface area contributed by atoms with Gasteiger partial charge in [0.05, 0.1) is 55.4 Å². The van der Waals surface area contributed by atoms with Crippen LogP contribution in [0.25, 0.3) is 0 Å². The number of ether oxygens (including phenoxy) is 10. The molecule has 6 aliphatic heterocycles. The van der Waals surface area contributed by atoms with Gasteiger partial charge in [-0.3, -0.25) is 4.79 Å². The molecule has 63 heavy (non-hydrogen) atoms. The molecule has 20 atom stereocenters. The van der Waals surface area contributed by atoms with E-state index in [-0.39, 0.29) is 67.0 Å². The number of allylic oxidation sites excluding steroid dienone is 2. The van der Waals surface area contributed by atoms with Crippen LogP contribution in [0.1, 0.15) is 93.9 Å². The van der Waals surface area contributed by atoms with Crippen molar-refractivity contribution in [3.05, 3.63) is 59.3 Å². The van der Waals surface area contributed by atoms with Gasteiger partial charge in [0.2, 0.25) is 0 Å². The van der Waals surface area contributed by atoms with Crippen molar-refractivity contribution in [2.24, 2.45) is 23.7 Å². The summed E-state index contributed by atoms with van der Waals surface area (Å²) >= 11 is 0. The number of hydrogen-bond donors (Lipinski definition) is 3. The summed E-state index contributed by atoms with van der Waals surface area (Å²) in [7, 11) is 5.30. The van der Waals surface area contributed by atoms with Crippen LogP contribution in [0.3, 0.4) is 0 Å². The minimum Gasteiger partial charge on any atom is -0.462 e. The first-order valence-electron chi connectivity index (χ1n) is 23.4. The molecule has 1 spiro atoms. The summed E-state index contributed by atoms with van der Waals surface area (Å²) in [5, 5.41) is 27.1. The van der Waals surface area contributed by atoms with Crippen molar-refractivity contribution in [1.82, 2.24) is 5.32 Å². The van der Waals surface area contributed by atoms with Gasteiger partial charge in [-0.2, -0.15) is 0 Å². The molecule has 14 heteroatoms. The first kappa shape index (κ1) is 48.6. The van der Waals surface area contributed by atoms with E-state index in [4.69, 9.17) is 47.4 Å². The van der Waals surface area contributed by atoms with Crippen molar-refractivity contribution in [2.45, 2.75) is 191 Å². The van der Waals surface area contributed by atoms with Crippen molar-refractivity contribution in [1.29, 1.82) is 0 Å². The zero-order valence-corrected chi connectivity index (χ0v) is 39.3. The zero-order valence-electron chi connectivity index (χ0n) is 39.3. The summed E-state index contributed by atoms with van der Waals surface area (Å²) in [6, 6.07) is 0.0442. The number of carbonyl (C=O) groups is 1. The maximum absolute atomic E-state index is 14.4. The van der Waals surface area contributed by atoms with Gasteiger partial charge < -0.3 is 62.9 Å². The van der Waals surface area contributed by atoms with Gasteiger partial charge in [-0.05, 0) is 69.9 Å². The van der Waals surface area contributed by atoms with E-state index >= 15 is 0 Å².